The van der Waals surface area contributed by atoms with Crippen molar-refractivity contribution in [2.75, 3.05) is 53.1 Å². The Bertz CT molecular complexity index is 1050. The number of aliphatic hydroxyl groups is 1. The van der Waals surface area contributed by atoms with Crippen LogP contribution in [-0.4, -0.2) is 121 Å². The van der Waals surface area contributed by atoms with E-state index in [4.69, 9.17) is 35.9 Å². The van der Waals surface area contributed by atoms with Crippen LogP contribution in [0.2, 0.25) is 0 Å². The van der Waals surface area contributed by atoms with Crippen LogP contribution in [-0.2, 0) is 18.4 Å². The van der Waals surface area contributed by atoms with Gasteiger partial charge < -0.3 is 33.3 Å². The summed E-state index contributed by atoms with van der Waals surface area (Å²) in [4.78, 5) is 21.2. The Hall–Kier alpha value is -1.41. The molecule has 0 aromatic heterocycles. The van der Waals surface area contributed by atoms with Crippen molar-refractivity contribution in [3.8, 4) is 12.3 Å². The fourth-order valence-corrected chi connectivity index (χ4v) is 9.99. The minimum Gasteiger partial charge on any atom is -0.400 e. The van der Waals surface area contributed by atoms with Crippen LogP contribution in [0, 0.1) is 30.9 Å². The maximum absolute atomic E-state index is 12.5. The summed E-state index contributed by atoms with van der Waals surface area (Å²) in [6, 6.07) is 2.20. The molecule has 0 aliphatic carbocycles. The highest BCUT2D eigenvalue weighted by molar-refractivity contribution is 7.47. The van der Waals surface area contributed by atoms with Crippen LogP contribution in [0.1, 0.15) is 130 Å². The lowest BCUT2D eigenvalue weighted by molar-refractivity contribution is -0.133. The van der Waals surface area contributed by atoms with Gasteiger partial charge in [-0.25, -0.2) is 27.2 Å². The molecule has 1 unspecified atom stereocenters. The SMILES string of the molecule is [3H]CC1(COP(OCC[N+]#[C-])N(C(C)C)C(C)C)CCN(C(=O)CCCCC#C)CC1.[3H]OC.[C-]#[N+]CCOP(N(C(C)C)C(C)C)N(C(C)C)C(C)C. The number of hydrogen-bond donors (Lipinski definition) is 1. The lowest BCUT2D eigenvalue weighted by Gasteiger charge is -2.45. The molecule has 1 aliphatic rings. The van der Waals surface area contributed by atoms with E-state index < -0.39 is 17.0 Å². The summed E-state index contributed by atoms with van der Waals surface area (Å²) in [7, 11) is -0.844. The molecule has 1 fully saturated rings. The molecule has 52 heavy (non-hydrogen) atoms. The molecule has 0 saturated carbocycles. The van der Waals surface area contributed by atoms with Gasteiger partial charge in [-0.1, -0.05) is 6.90 Å². The normalized spacial score (nSPS) is 15.4. The van der Waals surface area contributed by atoms with Gasteiger partial charge in [-0.2, -0.15) is 0 Å². The molecule has 11 nitrogen and oxygen atoms in total. The largest absolute Gasteiger partial charge is 0.400 e. The number of rotatable bonds is 22. The van der Waals surface area contributed by atoms with Crippen molar-refractivity contribution >= 4 is 22.9 Å². The molecule has 302 valence electrons. The minimum absolute atomic E-state index is 0.187. The van der Waals surface area contributed by atoms with Gasteiger partial charge in [0.05, 0.1) is 6.61 Å². The maximum atomic E-state index is 12.5. The quantitative estimate of drug-likeness (QED) is 0.0505. The van der Waals surface area contributed by atoms with E-state index in [1.54, 1.807) is 0 Å². The van der Waals surface area contributed by atoms with Crippen LogP contribution >= 0.6 is 17.0 Å². The molecule has 1 aliphatic heterocycles. The zero-order valence-electron chi connectivity index (χ0n) is 37.1. The first-order valence-corrected chi connectivity index (χ1v) is 21.2. The lowest BCUT2D eigenvalue weighted by Crippen LogP contribution is -2.44. The number of unbranched alkanes of at least 4 members (excludes halogenated alkanes) is 2. The van der Waals surface area contributed by atoms with E-state index in [0.29, 0.717) is 76.6 Å². The summed E-state index contributed by atoms with van der Waals surface area (Å²) in [5, 5.41) is 3.50. The molecule has 1 rings (SSSR count). The molecule has 0 spiro atoms. The van der Waals surface area contributed by atoms with Crippen LogP contribution in [0.5, 0.6) is 0 Å². The Labute approximate surface area is 325 Å². The number of nitrogens with zero attached hydrogens (tertiary/aromatic N) is 6. The van der Waals surface area contributed by atoms with Crippen LogP contribution in [0.15, 0.2) is 0 Å². The van der Waals surface area contributed by atoms with Crippen LogP contribution < -0.4 is 0 Å². The van der Waals surface area contributed by atoms with E-state index in [1.165, 1.54) is 7.11 Å². The van der Waals surface area contributed by atoms with Gasteiger partial charge in [-0.05, 0) is 114 Å². The van der Waals surface area contributed by atoms with Crippen LogP contribution in [0.25, 0.3) is 9.69 Å². The highest BCUT2D eigenvalue weighted by Gasteiger charge is 2.36. The first kappa shape index (κ1) is 48.6. The average molecular weight is 775 g/mol. The van der Waals surface area contributed by atoms with E-state index in [-0.39, 0.29) is 30.3 Å². The Morgan fingerprint density at radius 2 is 1.29 bits per heavy atom. The zero-order chi connectivity index (χ0) is 41.9. The molecular formula is C39H76N6O5P2. The van der Waals surface area contributed by atoms with Crippen LogP contribution in [0.3, 0.4) is 0 Å². The smallest absolute Gasteiger partial charge is 0.259 e. The number of carbonyl (C=O) groups is 1. The van der Waals surface area contributed by atoms with Crippen molar-refractivity contribution in [3.63, 3.8) is 0 Å². The summed E-state index contributed by atoms with van der Waals surface area (Å²) in [6.45, 7) is 43.8. The highest BCUT2D eigenvalue weighted by atomic mass is 31.2. The fourth-order valence-electron chi connectivity index (χ4n) is 5.94. The molecule has 1 N–H and O–H groups in total. The fraction of sp³-hybridized carbons (Fsp3) is 0.872. The topological polar surface area (TPSA) is 86.7 Å². The van der Waals surface area contributed by atoms with Gasteiger partial charge in [-0.15, -0.1) is 12.3 Å². The zero-order valence-corrected chi connectivity index (χ0v) is 36.8. The maximum Gasteiger partial charge on any atom is 0.259 e. The minimum atomic E-state index is -1.30. The van der Waals surface area contributed by atoms with Gasteiger partial charge in [0.2, 0.25) is 20.4 Å². The number of terminal acetylenes is 1. The molecule has 1 saturated heterocycles. The summed E-state index contributed by atoms with van der Waals surface area (Å²) in [6.07, 6.45) is 9.79. The summed E-state index contributed by atoms with van der Waals surface area (Å²) in [5.41, 5.74) is -0.260. The van der Waals surface area contributed by atoms with Gasteiger partial charge >= 0.3 is 0 Å². The van der Waals surface area contributed by atoms with E-state index in [9.17, 15) is 4.79 Å². The lowest BCUT2D eigenvalue weighted by atomic mass is 9.81. The third kappa shape index (κ3) is 20.9. The standard InChI is InChI=1S/C23H40N3O3P.C15H32N3OP.CH4O/c1-8-9-10-11-12-22(27)25-16-13-23(6,14-17-25)19-29-30(28-18-15-24-7)26(20(2)3)21(4)5;1-12(2)17(13(3)4)20(19-11-10-16-9)18(14(5)6)15(7)8;1-2/h1,20-21H,9-19H2,2-6H3;12-15H,10-11H2,1-8H3;2H,1H3/i6T;;2T. The van der Waals surface area contributed by atoms with Gasteiger partial charge in [-0.3, -0.25) is 4.79 Å². The number of hydrogen-bond acceptors (Lipinski definition) is 8. The predicted octanol–water partition coefficient (Wildman–Crippen LogP) is 9.10. The molecule has 0 aromatic carbocycles. The van der Waals surface area contributed by atoms with Crippen molar-refractivity contribution in [1.29, 1.82) is 1.43 Å². The average Bonchev–Trinajstić information content (AvgIpc) is 3.09. The first-order chi connectivity index (χ1) is 25.4. The third-order valence-electron chi connectivity index (χ3n) is 8.19. The number of aliphatic hydroxyl groups excluding tert-OH is 1. The van der Waals surface area contributed by atoms with E-state index in [0.717, 1.165) is 32.1 Å². The van der Waals surface area contributed by atoms with E-state index in [1.807, 2.05) is 4.90 Å². The number of likely N-dealkylation sites (tertiary alicyclic amines) is 1. The van der Waals surface area contributed by atoms with Gasteiger partial charge in [0.1, 0.15) is 13.2 Å². The molecule has 0 aromatic rings. The number of carbonyl (C=O) groups excluding carboxylic acids is 1. The molecular weight excluding hydrogens is 694 g/mol. The highest BCUT2D eigenvalue weighted by Crippen LogP contribution is 2.51. The molecule has 1 atom stereocenters. The van der Waals surface area contributed by atoms with Gasteiger partial charge in [0.25, 0.3) is 8.53 Å². The number of amides is 1. The van der Waals surface area contributed by atoms with Crippen molar-refractivity contribution in [3.05, 3.63) is 22.8 Å². The molecule has 0 radical (unpaired) electrons. The van der Waals surface area contributed by atoms with Crippen molar-refractivity contribution in [2.45, 2.75) is 165 Å². The summed E-state index contributed by atoms with van der Waals surface area (Å²) >= 11 is 0. The van der Waals surface area contributed by atoms with Gasteiger partial charge in [0.15, 0.2) is 8.45 Å². The third-order valence-corrected chi connectivity index (χ3v) is 13.3. The summed E-state index contributed by atoms with van der Waals surface area (Å²) < 4.78 is 39.4. The molecule has 1 amide bonds. The second-order valence-electron chi connectivity index (χ2n) is 14.7. The second kappa shape index (κ2) is 29.9. The Balaban J connectivity index is 0. The summed E-state index contributed by atoms with van der Waals surface area (Å²) in [5.74, 6) is 2.80. The van der Waals surface area contributed by atoms with Crippen molar-refractivity contribution in [1.82, 2.24) is 18.9 Å². The Morgan fingerprint density at radius 3 is 1.67 bits per heavy atom. The Kier molecular flexibility index (Phi) is 27.9. The van der Waals surface area contributed by atoms with Crippen molar-refractivity contribution < 1.29 is 24.8 Å². The number of piperidine rings is 1. The van der Waals surface area contributed by atoms with Crippen LogP contribution in [0.4, 0.5) is 0 Å². The molecule has 13 heteroatoms. The predicted molar refractivity (Wildman–Crippen MR) is 220 cm³/mol. The monoisotopic (exact) mass is 775 g/mol. The second-order valence-corrected chi connectivity index (χ2v) is 17.8. The van der Waals surface area contributed by atoms with Crippen molar-refractivity contribution in [2.24, 2.45) is 5.41 Å². The first-order valence-electron chi connectivity index (χ1n) is 20.1. The van der Waals surface area contributed by atoms with Gasteiger partial charge in [0, 0.05) is 70.7 Å². The Morgan fingerprint density at radius 1 is 0.846 bits per heavy atom. The molecule has 0 bridgehead atoms. The molecule has 1 heterocycles. The van der Waals surface area contributed by atoms with E-state index in [2.05, 4.69) is 118 Å². The van der Waals surface area contributed by atoms with E-state index >= 15 is 0 Å².